The van der Waals surface area contributed by atoms with Gasteiger partial charge in [0.15, 0.2) is 11.5 Å². The third kappa shape index (κ3) is 3.66. The predicted molar refractivity (Wildman–Crippen MR) is 75.0 cm³/mol. The summed E-state index contributed by atoms with van der Waals surface area (Å²) in [7, 11) is 1.60. The lowest BCUT2D eigenvalue weighted by atomic mass is 10.1. The van der Waals surface area contributed by atoms with E-state index in [-0.39, 0.29) is 12.2 Å². The number of allylic oxidation sites excluding steroid dienone is 1. The molecule has 5 heteroatoms. The molecule has 0 spiro atoms. The summed E-state index contributed by atoms with van der Waals surface area (Å²) in [5.74, 6) is 1.33. The van der Waals surface area contributed by atoms with E-state index in [1.165, 1.54) is 0 Å². The molecule has 0 saturated carbocycles. The first kappa shape index (κ1) is 14.2. The summed E-state index contributed by atoms with van der Waals surface area (Å²) < 4.78 is 16.0. The highest BCUT2D eigenvalue weighted by Crippen LogP contribution is 2.29. The molecule has 1 atom stereocenters. The average Bonchev–Trinajstić information content (AvgIpc) is 2.82. The number of methoxy groups -OCH3 is 1. The Morgan fingerprint density at radius 1 is 1.45 bits per heavy atom. The van der Waals surface area contributed by atoms with Crippen LogP contribution < -0.4 is 14.8 Å². The van der Waals surface area contributed by atoms with Gasteiger partial charge in [0, 0.05) is 6.42 Å². The summed E-state index contributed by atoms with van der Waals surface area (Å²) in [5.41, 5.74) is 2.09. The monoisotopic (exact) mass is 277 g/mol. The molecule has 1 heterocycles. The smallest absolute Gasteiger partial charge is 0.407 e. The quantitative estimate of drug-likeness (QED) is 0.841. The van der Waals surface area contributed by atoms with E-state index in [1.807, 2.05) is 32.0 Å². The summed E-state index contributed by atoms with van der Waals surface area (Å²) in [6, 6.07) is 5.71. The van der Waals surface area contributed by atoms with Crippen LogP contribution in [0.5, 0.6) is 11.5 Å². The molecule has 0 bridgehead atoms. The van der Waals surface area contributed by atoms with Crippen molar-refractivity contribution in [2.75, 3.05) is 13.7 Å². The first-order chi connectivity index (χ1) is 9.58. The number of alkyl carbamates (subject to hydrolysis) is 1. The topological polar surface area (TPSA) is 56.8 Å². The van der Waals surface area contributed by atoms with Gasteiger partial charge in [-0.25, -0.2) is 4.79 Å². The molecule has 5 nitrogen and oxygen atoms in total. The van der Waals surface area contributed by atoms with Crippen LogP contribution in [0.15, 0.2) is 30.0 Å². The number of rotatable bonds is 5. The first-order valence-corrected chi connectivity index (χ1v) is 6.50. The SMILES string of the molecule is COc1ccc(CC2CNC(=O)O2)cc1OC=C(C)C. The number of ether oxygens (including phenoxy) is 3. The van der Waals surface area contributed by atoms with E-state index in [9.17, 15) is 4.79 Å². The molecular weight excluding hydrogens is 258 g/mol. The second-order valence-electron chi connectivity index (χ2n) is 4.91. The fourth-order valence-corrected chi connectivity index (χ4v) is 1.93. The lowest BCUT2D eigenvalue weighted by Crippen LogP contribution is -2.16. The Balaban J connectivity index is 2.12. The van der Waals surface area contributed by atoms with Gasteiger partial charge in [-0.1, -0.05) is 6.07 Å². The van der Waals surface area contributed by atoms with Gasteiger partial charge in [-0.3, -0.25) is 0 Å². The number of carbonyl (C=O) groups excluding carboxylic acids is 1. The average molecular weight is 277 g/mol. The number of benzene rings is 1. The first-order valence-electron chi connectivity index (χ1n) is 6.50. The second kappa shape index (κ2) is 6.32. The van der Waals surface area contributed by atoms with E-state index in [1.54, 1.807) is 13.4 Å². The van der Waals surface area contributed by atoms with Gasteiger partial charge in [-0.05, 0) is 37.1 Å². The van der Waals surface area contributed by atoms with Crippen molar-refractivity contribution in [3.63, 3.8) is 0 Å². The van der Waals surface area contributed by atoms with Crippen molar-refractivity contribution in [2.45, 2.75) is 26.4 Å². The highest BCUT2D eigenvalue weighted by atomic mass is 16.6. The molecule has 0 aliphatic carbocycles. The van der Waals surface area contributed by atoms with Crippen molar-refractivity contribution in [3.05, 3.63) is 35.6 Å². The molecule has 1 amide bonds. The van der Waals surface area contributed by atoms with Crippen molar-refractivity contribution in [1.29, 1.82) is 0 Å². The van der Waals surface area contributed by atoms with Crippen LogP contribution in [-0.4, -0.2) is 25.9 Å². The Morgan fingerprint density at radius 3 is 2.85 bits per heavy atom. The van der Waals surface area contributed by atoms with Crippen molar-refractivity contribution in [1.82, 2.24) is 5.32 Å². The van der Waals surface area contributed by atoms with Gasteiger partial charge in [0.05, 0.1) is 19.9 Å². The van der Waals surface area contributed by atoms with Crippen molar-refractivity contribution in [2.24, 2.45) is 0 Å². The molecule has 1 aliphatic rings. The predicted octanol–water partition coefficient (Wildman–Crippen LogP) is 2.65. The highest BCUT2D eigenvalue weighted by Gasteiger charge is 2.22. The molecule has 0 radical (unpaired) electrons. The van der Waals surface area contributed by atoms with Gasteiger partial charge in [0.25, 0.3) is 0 Å². The zero-order valence-corrected chi connectivity index (χ0v) is 11.9. The maximum absolute atomic E-state index is 11.0. The highest BCUT2D eigenvalue weighted by molar-refractivity contribution is 5.69. The number of carbonyl (C=O) groups is 1. The van der Waals surface area contributed by atoms with E-state index in [4.69, 9.17) is 14.2 Å². The zero-order valence-electron chi connectivity index (χ0n) is 11.9. The Labute approximate surface area is 118 Å². The van der Waals surface area contributed by atoms with Crippen molar-refractivity contribution in [3.8, 4) is 11.5 Å². The van der Waals surface area contributed by atoms with Gasteiger partial charge in [-0.15, -0.1) is 0 Å². The van der Waals surface area contributed by atoms with Gasteiger partial charge in [-0.2, -0.15) is 0 Å². The van der Waals surface area contributed by atoms with Gasteiger partial charge in [0.2, 0.25) is 0 Å². The minimum Gasteiger partial charge on any atom is -0.493 e. The van der Waals surface area contributed by atoms with E-state index in [0.717, 1.165) is 11.1 Å². The Morgan fingerprint density at radius 2 is 2.25 bits per heavy atom. The summed E-state index contributed by atoms with van der Waals surface area (Å²) in [6.45, 7) is 4.45. The molecule has 1 aromatic carbocycles. The Bertz CT molecular complexity index is 521. The standard InChI is InChI=1S/C15H19NO4/c1-10(2)9-19-14-7-11(4-5-13(14)18-3)6-12-8-16-15(17)20-12/h4-5,7,9,12H,6,8H2,1-3H3,(H,16,17). The third-order valence-corrected chi connectivity index (χ3v) is 2.86. The van der Waals surface area contributed by atoms with Gasteiger partial charge < -0.3 is 19.5 Å². The Hall–Kier alpha value is -2.17. The molecule has 108 valence electrons. The lowest BCUT2D eigenvalue weighted by molar-refractivity contribution is 0.140. The molecule has 1 aliphatic heterocycles. The molecule has 20 heavy (non-hydrogen) atoms. The molecule has 1 aromatic rings. The minimum atomic E-state index is -0.357. The fourth-order valence-electron chi connectivity index (χ4n) is 1.93. The normalized spacial score (nSPS) is 17.1. The van der Waals surface area contributed by atoms with E-state index < -0.39 is 0 Å². The number of cyclic esters (lactones) is 1. The second-order valence-corrected chi connectivity index (χ2v) is 4.91. The van der Waals surface area contributed by atoms with Crippen LogP contribution in [0.25, 0.3) is 0 Å². The maximum atomic E-state index is 11.0. The molecule has 1 N–H and O–H groups in total. The van der Waals surface area contributed by atoms with Crippen molar-refractivity contribution < 1.29 is 19.0 Å². The van der Waals surface area contributed by atoms with Crippen LogP contribution in [0, 0.1) is 0 Å². The maximum Gasteiger partial charge on any atom is 0.407 e. The van der Waals surface area contributed by atoms with Gasteiger partial charge in [0.1, 0.15) is 6.10 Å². The number of amides is 1. The summed E-state index contributed by atoms with van der Waals surface area (Å²) >= 11 is 0. The number of nitrogens with one attached hydrogen (secondary N) is 1. The summed E-state index contributed by atoms with van der Waals surface area (Å²) in [6.07, 6.45) is 1.84. The fraction of sp³-hybridized carbons (Fsp3) is 0.400. The number of hydrogen-bond acceptors (Lipinski definition) is 4. The lowest BCUT2D eigenvalue weighted by Gasteiger charge is -2.12. The van der Waals surface area contributed by atoms with Crippen LogP contribution in [-0.2, 0) is 11.2 Å². The molecule has 0 aromatic heterocycles. The summed E-state index contributed by atoms with van der Waals surface area (Å²) in [5, 5.41) is 2.64. The van der Waals surface area contributed by atoms with Gasteiger partial charge >= 0.3 is 6.09 Å². The van der Waals surface area contributed by atoms with Crippen LogP contribution in [0.3, 0.4) is 0 Å². The largest absolute Gasteiger partial charge is 0.493 e. The van der Waals surface area contributed by atoms with Crippen LogP contribution in [0.4, 0.5) is 4.79 Å². The van der Waals surface area contributed by atoms with Crippen molar-refractivity contribution >= 4 is 6.09 Å². The van der Waals surface area contributed by atoms with E-state index in [0.29, 0.717) is 24.5 Å². The van der Waals surface area contributed by atoms with Crippen LogP contribution in [0.2, 0.25) is 0 Å². The number of hydrogen-bond donors (Lipinski definition) is 1. The molecule has 1 fully saturated rings. The third-order valence-electron chi connectivity index (χ3n) is 2.86. The van der Waals surface area contributed by atoms with Crippen LogP contribution in [0.1, 0.15) is 19.4 Å². The van der Waals surface area contributed by atoms with E-state index in [2.05, 4.69) is 5.32 Å². The summed E-state index contributed by atoms with van der Waals surface area (Å²) in [4.78, 5) is 11.0. The minimum absolute atomic E-state index is 0.132. The molecule has 1 unspecified atom stereocenters. The Kier molecular flexibility index (Phi) is 4.50. The van der Waals surface area contributed by atoms with Crippen LogP contribution >= 0.6 is 0 Å². The van der Waals surface area contributed by atoms with E-state index >= 15 is 0 Å². The molecule has 1 saturated heterocycles. The zero-order chi connectivity index (χ0) is 14.5. The molecular formula is C15H19NO4. The molecule has 2 rings (SSSR count).